The molecule has 142 valence electrons. The third-order valence-corrected chi connectivity index (χ3v) is 5.55. The van der Waals surface area contributed by atoms with E-state index in [0.29, 0.717) is 11.6 Å². The monoisotopic (exact) mass is 384 g/mol. The summed E-state index contributed by atoms with van der Waals surface area (Å²) in [5.41, 5.74) is 4.67. The van der Waals surface area contributed by atoms with Crippen LogP contribution in [0.2, 0.25) is 5.02 Å². The molecule has 2 aromatic rings. The zero-order valence-corrected chi connectivity index (χ0v) is 16.1. The molecule has 1 aliphatic heterocycles. The Morgan fingerprint density at radius 2 is 2.04 bits per heavy atom. The molecule has 0 radical (unpaired) electrons. The molecule has 27 heavy (non-hydrogen) atoms. The van der Waals surface area contributed by atoms with E-state index in [1.807, 2.05) is 12.1 Å². The number of pyridine rings is 1. The molecule has 1 aliphatic carbocycles. The molecule has 4 rings (SSSR count). The average Bonchev–Trinajstić information content (AvgIpc) is 2.69. The van der Waals surface area contributed by atoms with Crippen molar-refractivity contribution in [2.75, 3.05) is 13.1 Å². The van der Waals surface area contributed by atoms with Crippen molar-refractivity contribution in [2.24, 2.45) is 0 Å². The molecule has 1 saturated heterocycles. The Kier molecular flexibility index (Phi) is 5.89. The SMILES string of the molecule is OC1CCN(Cc2ccc3c(c2)C(OCc2ccc(Cl)cn2)CC=C3)CC1. The first-order chi connectivity index (χ1) is 13.2. The van der Waals surface area contributed by atoms with Crippen molar-refractivity contribution in [3.63, 3.8) is 0 Å². The molecule has 0 spiro atoms. The number of aromatic nitrogens is 1. The standard InChI is InChI=1S/C22H25ClN2O2/c23-18-6-7-19(24-13-18)15-27-22-3-1-2-17-5-4-16(12-21(17)22)14-25-10-8-20(26)9-11-25/h1-2,4-7,12-13,20,22,26H,3,8-11,14-15H2. The van der Waals surface area contributed by atoms with Gasteiger partial charge in [-0.1, -0.05) is 42.0 Å². The summed E-state index contributed by atoms with van der Waals surface area (Å²) in [5, 5.41) is 10.3. The normalized spacial score (nSPS) is 20.6. The Labute approximate surface area is 165 Å². The number of likely N-dealkylation sites (tertiary alicyclic amines) is 1. The lowest BCUT2D eigenvalue weighted by atomic mass is 9.92. The molecular formula is C22H25ClN2O2. The predicted molar refractivity (Wildman–Crippen MR) is 107 cm³/mol. The summed E-state index contributed by atoms with van der Waals surface area (Å²) in [6.45, 7) is 3.32. The molecule has 1 aromatic heterocycles. The van der Waals surface area contributed by atoms with Crippen LogP contribution in [0.15, 0.2) is 42.6 Å². The van der Waals surface area contributed by atoms with Crippen LogP contribution in [0, 0.1) is 0 Å². The number of nitrogens with zero attached hydrogens (tertiary/aromatic N) is 2. The van der Waals surface area contributed by atoms with Gasteiger partial charge in [-0.3, -0.25) is 9.88 Å². The van der Waals surface area contributed by atoms with Gasteiger partial charge in [0.15, 0.2) is 0 Å². The number of rotatable bonds is 5. The second kappa shape index (κ2) is 8.53. The van der Waals surface area contributed by atoms with Crippen molar-refractivity contribution in [3.8, 4) is 0 Å². The topological polar surface area (TPSA) is 45.6 Å². The van der Waals surface area contributed by atoms with E-state index in [9.17, 15) is 5.11 Å². The fraction of sp³-hybridized carbons (Fsp3) is 0.409. The maximum atomic E-state index is 9.69. The Bertz CT molecular complexity index is 798. The highest BCUT2D eigenvalue weighted by Gasteiger charge is 2.20. The van der Waals surface area contributed by atoms with E-state index >= 15 is 0 Å². The zero-order valence-electron chi connectivity index (χ0n) is 15.4. The number of aliphatic hydroxyl groups excluding tert-OH is 1. The second-order valence-corrected chi connectivity index (χ2v) is 7.81. The maximum Gasteiger partial charge on any atom is 0.0896 e. The highest BCUT2D eigenvalue weighted by Crippen LogP contribution is 2.32. The Morgan fingerprint density at radius 3 is 2.81 bits per heavy atom. The second-order valence-electron chi connectivity index (χ2n) is 7.38. The van der Waals surface area contributed by atoms with Gasteiger partial charge >= 0.3 is 0 Å². The molecule has 5 heteroatoms. The van der Waals surface area contributed by atoms with Crippen LogP contribution in [0.25, 0.3) is 6.08 Å². The van der Waals surface area contributed by atoms with E-state index in [1.54, 1.807) is 6.20 Å². The molecule has 1 aromatic carbocycles. The van der Waals surface area contributed by atoms with E-state index in [-0.39, 0.29) is 12.2 Å². The van der Waals surface area contributed by atoms with Gasteiger partial charge in [0.25, 0.3) is 0 Å². The number of hydrogen-bond donors (Lipinski definition) is 1. The van der Waals surface area contributed by atoms with Gasteiger partial charge in [-0.15, -0.1) is 0 Å². The van der Waals surface area contributed by atoms with Crippen LogP contribution < -0.4 is 0 Å². The molecule has 1 unspecified atom stereocenters. The van der Waals surface area contributed by atoms with Gasteiger partial charge in [-0.25, -0.2) is 0 Å². The highest BCUT2D eigenvalue weighted by molar-refractivity contribution is 6.30. The molecule has 0 bridgehead atoms. The molecule has 1 fully saturated rings. The van der Waals surface area contributed by atoms with Gasteiger partial charge in [0, 0.05) is 25.8 Å². The predicted octanol–water partition coefficient (Wildman–Crippen LogP) is 4.37. The van der Waals surface area contributed by atoms with Crippen LogP contribution >= 0.6 is 11.6 Å². The minimum Gasteiger partial charge on any atom is -0.393 e. The van der Waals surface area contributed by atoms with E-state index < -0.39 is 0 Å². The molecule has 2 aliphatic rings. The first-order valence-electron chi connectivity index (χ1n) is 9.59. The van der Waals surface area contributed by atoms with E-state index in [4.69, 9.17) is 16.3 Å². The summed E-state index contributed by atoms with van der Waals surface area (Å²) in [7, 11) is 0. The van der Waals surface area contributed by atoms with E-state index in [2.05, 4.69) is 40.2 Å². The minimum absolute atomic E-state index is 0.0469. The smallest absolute Gasteiger partial charge is 0.0896 e. The third-order valence-electron chi connectivity index (χ3n) is 5.33. The van der Waals surface area contributed by atoms with Gasteiger partial charge in [-0.05, 0) is 48.1 Å². The fourth-order valence-corrected chi connectivity index (χ4v) is 3.88. The van der Waals surface area contributed by atoms with Gasteiger partial charge in [-0.2, -0.15) is 0 Å². The summed E-state index contributed by atoms with van der Waals surface area (Å²) in [5.74, 6) is 0. The first-order valence-corrected chi connectivity index (χ1v) is 9.97. The molecule has 1 N–H and O–H groups in total. The number of fused-ring (bicyclic) bond motifs is 1. The number of piperidine rings is 1. The summed E-state index contributed by atoms with van der Waals surface area (Å²) >= 11 is 5.90. The average molecular weight is 385 g/mol. The largest absolute Gasteiger partial charge is 0.393 e. The summed E-state index contributed by atoms with van der Waals surface area (Å²) in [6, 6.07) is 10.4. The van der Waals surface area contributed by atoms with Crippen molar-refractivity contribution in [2.45, 2.75) is 44.6 Å². The van der Waals surface area contributed by atoms with Crippen LogP contribution in [0.4, 0.5) is 0 Å². The first kappa shape index (κ1) is 18.6. The Hall–Kier alpha value is -1.72. The number of hydrogen-bond acceptors (Lipinski definition) is 4. The quantitative estimate of drug-likeness (QED) is 0.831. The van der Waals surface area contributed by atoms with Crippen molar-refractivity contribution >= 4 is 17.7 Å². The molecule has 2 heterocycles. The third kappa shape index (κ3) is 4.77. The maximum absolute atomic E-state index is 9.69. The lowest BCUT2D eigenvalue weighted by Gasteiger charge is -2.30. The van der Waals surface area contributed by atoms with Crippen LogP contribution in [0.1, 0.15) is 47.8 Å². The van der Waals surface area contributed by atoms with Crippen molar-refractivity contribution in [1.29, 1.82) is 0 Å². The number of halogens is 1. The lowest BCUT2D eigenvalue weighted by Crippen LogP contribution is -2.35. The van der Waals surface area contributed by atoms with Gasteiger partial charge in [0.05, 0.1) is 29.5 Å². The van der Waals surface area contributed by atoms with Crippen molar-refractivity contribution < 1.29 is 9.84 Å². The molecule has 1 atom stereocenters. The highest BCUT2D eigenvalue weighted by atomic mass is 35.5. The zero-order chi connectivity index (χ0) is 18.6. The summed E-state index contributed by atoms with van der Waals surface area (Å²) in [6.07, 6.45) is 8.54. The molecular weight excluding hydrogens is 360 g/mol. The van der Waals surface area contributed by atoms with Gasteiger partial charge < -0.3 is 9.84 Å². The van der Waals surface area contributed by atoms with E-state index in [0.717, 1.165) is 44.6 Å². The van der Waals surface area contributed by atoms with E-state index in [1.165, 1.54) is 16.7 Å². The number of aliphatic hydroxyl groups is 1. The van der Waals surface area contributed by atoms with Gasteiger partial charge in [0.2, 0.25) is 0 Å². The van der Waals surface area contributed by atoms with Crippen molar-refractivity contribution in [3.05, 3.63) is 70.0 Å². The summed E-state index contributed by atoms with van der Waals surface area (Å²) < 4.78 is 6.19. The lowest BCUT2D eigenvalue weighted by molar-refractivity contribution is 0.0388. The Morgan fingerprint density at radius 1 is 1.19 bits per heavy atom. The Balaban J connectivity index is 1.44. The number of benzene rings is 1. The molecule has 0 saturated carbocycles. The van der Waals surface area contributed by atoms with Crippen LogP contribution in [0.5, 0.6) is 0 Å². The molecule has 4 nitrogen and oxygen atoms in total. The minimum atomic E-state index is -0.130. The number of ether oxygens (including phenoxy) is 1. The van der Waals surface area contributed by atoms with Crippen LogP contribution in [-0.2, 0) is 17.9 Å². The van der Waals surface area contributed by atoms with Crippen LogP contribution in [0.3, 0.4) is 0 Å². The molecule has 0 amide bonds. The van der Waals surface area contributed by atoms with Crippen molar-refractivity contribution in [1.82, 2.24) is 9.88 Å². The summed E-state index contributed by atoms with van der Waals surface area (Å²) in [4.78, 5) is 6.73. The fourth-order valence-electron chi connectivity index (χ4n) is 3.77. The van der Waals surface area contributed by atoms with Gasteiger partial charge in [0.1, 0.15) is 0 Å². The van der Waals surface area contributed by atoms with Crippen LogP contribution in [-0.4, -0.2) is 34.2 Å².